The van der Waals surface area contributed by atoms with E-state index in [1.54, 1.807) is 24.4 Å². The molecule has 29 heavy (non-hydrogen) atoms. The van der Waals surface area contributed by atoms with Crippen molar-refractivity contribution in [3.63, 3.8) is 0 Å². The zero-order chi connectivity index (χ0) is 20.5. The lowest BCUT2D eigenvalue weighted by molar-refractivity contribution is 0.0601. The minimum Gasteiger partial charge on any atom is -0.465 e. The molecule has 0 amide bonds. The number of aromatic nitrogens is 3. The van der Waals surface area contributed by atoms with Gasteiger partial charge in [-0.2, -0.15) is 0 Å². The number of carbonyl (C=O) groups is 1. The number of aliphatic hydroxyl groups excluding tert-OH is 1. The SMILES string of the molecule is COC(=O)c1ccc2nc(CCc3cccnc3)nc(NCCOCCO)c2c1. The largest absolute Gasteiger partial charge is 0.465 e. The van der Waals surface area contributed by atoms with Gasteiger partial charge in [0.15, 0.2) is 0 Å². The van der Waals surface area contributed by atoms with Crippen LogP contribution in [0.1, 0.15) is 21.7 Å². The number of ether oxygens (including phenoxy) is 2. The third-order valence-corrected chi connectivity index (χ3v) is 4.30. The Hall–Kier alpha value is -3.10. The molecule has 0 aliphatic carbocycles. The van der Waals surface area contributed by atoms with Gasteiger partial charge in [0.1, 0.15) is 11.6 Å². The summed E-state index contributed by atoms with van der Waals surface area (Å²) in [5.74, 6) is 0.922. The second-order valence-corrected chi connectivity index (χ2v) is 6.34. The topological polar surface area (TPSA) is 106 Å². The number of nitrogens with one attached hydrogen (secondary N) is 1. The smallest absolute Gasteiger partial charge is 0.337 e. The average Bonchev–Trinajstić information content (AvgIpc) is 2.77. The Morgan fingerprint density at radius 2 is 2.07 bits per heavy atom. The molecular weight excluding hydrogens is 372 g/mol. The van der Waals surface area contributed by atoms with Gasteiger partial charge >= 0.3 is 5.97 Å². The summed E-state index contributed by atoms with van der Waals surface area (Å²) >= 11 is 0. The van der Waals surface area contributed by atoms with E-state index in [4.69, 9.17) is 14.6 Å². The molecule has 0 atom stereocenters. The van der Waals surface area contributed by atoms with Crippen molar-refractivity contribution in [2.24, 2.45) is 0 Å². The summed E-state index contributed by atoms with van der Waals surface area (Å²) in [7, 11) is 1.35. The van der Waals surface area contributed by atoms with Gasteiger partial charge < -0.3 is 19.9 Å². The number of hydrogen-bond acceptors (Lipinski definition) is 8. The molecule has 2 aromatic heterocycles. The lowest BCUT2D eigenvalue weighted by atomic mass is 10.1. The first-order valence-electron chi connectivity index (χ1n) is 9.41. The predicted octanol–water partition coefficient (Wildman–Crippen LogP) is 2.02. The summed E-state index contributed by atoms with van der Waals surface area (Å²) in [5.41, 5.74) is 2.29. The van der Waals surface area contributed by atoms with Crippen LogP contribution in [0.15, 0.2) is 42.7 Å². The summed E-state index contributed by atoms with van der Waals surface area (Å²) < 4.78 is 10.1. The quantitative estimate of drug-likeness (QED) is 0.396. The van der Waals surface area contributed by atoms with E-state index in [-0.39, 0.29) is 13.2 Å². The number of fused-ring (bicyclic) bond motifs is 1. The van der Waals surface area contributed by atoms with Crippen LogP contribution in [0.5, 0.6) is 0 Å². The van der Waals surface area contributed by atoms with Crippen molar-refractivity contribution in [2.75, 3.05) is 38.8 Å². The predicted molar refractivity (Wildman–Crippen MR) is 109 cm³/mol. The Morgan fingerprint density at radius 3 is 2.83 bits per heavy atom. The minimum atomic E-state index is -0.412. The molecule has 0 saturated heterocycles. The fourth-order valence-corrected chi connectivity index (χ4v) is 2.88. The van der Waals surface area contributed by atoms with E-state index in [9.17, 15) is 4.79 Å². The zero-order valence-corrected chi connectivity index (χ0v) is 16.3. The molecule has 3 aromatic rings. The van der Waals surface area contributed by atoms with Crippen LogP contribution in [-0.4, -0.2) is 59.5 Å². The zero-order valence-electron chi connectivity index (χ0n) is 16.3. The molecule has 0 bridgehead atoms. The molecule has 0 unspecified atom stereocenters. The fourth-order valence-electron chi connectivity index (χ4n) is 2.88. The monoisotopic (exact) mass is 396 g/mol. The Bertz CT molecular complexity index is 950. The number of pyridine rings is 1. The van der Waals surface area contributed by atoms with Crippen molar-refractivity contribution in [3.05, 3.63) is 59.7 Å². The van der Waals surface area contributed by atoms with E-state index in [1.165, 1.54) is 7.11 Å². The highest BCUT2D eigenvalue weighted by Gasteiger charge is 2.12. The summed E-state index contributed by atoms with van der Waals surface area (Å²) in [6.45, 7) is 1.21. The van der Waals surface area contributed by atoms with Gasteiger partial charge in [0.05, 0.1) is 38.0 Å². The highest BCUT2D eigenvalue weighted by atomic mass is 16.5. The maximum Gasteiger partial charge on any atom is 0.337 e. The number of anilines is 1. The van der Waals surface area contributed by atoms with Crippen molar-refractivity contribution in [3.8, 4) is 0 Å². The van der Waals surface area contributed by atoms with Gasteiger partial charge in [-0.05, 0) is 36.2 Å². The highest BCUT2D eigenvalue weighted by molar-refractivity contribution is 5.97. The molecule has 1 aromatic carbocycles. The molecular formula is C21H24N4O4. The van der Waals surface area contributed by atoms with Crippen molar-refractivity contribution in [1.82, 2.24) is 15.0 Å². The molecule has 0 aliphatic heterocycles. The highest BCUT2D eigenvalue weighted by Crippen LogP contribution is 2.23. The van der Waals surface area contributed by atoms with E-state index in [1.807, 2.05) is 18.3 Å². The average molecular weight is 396 g/mol. The van der Waals surface area contributed by atoms with Crippen LogP contribution >= 0.6 is 0 Å². The third-order valence-electron chi connectivity index (χ3n) is 4.30. The Balaban J connectivity index is 1.84. The maximum atomic E-state index is 11.9. The van der Waals surface area contributed by atoms with Gasteiger partial charge in [0.25, 0.3) is 0 Å². The summed E-state index contributed by atoms with van der Waals surface area (Å²) in [6.07, 6.45) is 5.02. The number of aliphatic hydroxyl groups is 1. The molecule has 8 nitrogen and oxygen atoms in total. The number of hydrogen-bond donors (Lipinski definition) is 2. The van der Waals surface area contributed by atoms with Gasteiger partial charge in [-0.15, -0.1) is 0 Å². The van der Waals surface area contributed by atoms with Crippen molar-refractivity contribution in [1.29, 1.82) is 0 Å². The normalized spacial score (nSPS) is 10.8. The van der Waals surface area contributed by atoms with Gasteiger partial charge in [-0.3, -0.25) is 4.98 Å². The number of nitrogens with zero attached hydrogens (tertiary/aromatic N) is 3. The van der Waals surface area contributed by atoms with E-state index in [2.05, 4.69) is 20.3 Å². The number of benzene rings is 1. The van der Waals surface area contributed by atoms with Crippen molar-refractivity contribution >= 4 is 22.7 Å². The number of rotatable bonds is 10. The van der Waals surface area contributed by atoms with Crippen LogP contribution in [0.4, 0.5) is 5.82 Å². The minimum absolute atomic E-state index is 0.0165. The van der Waals surface area contributed by atoms with E-state index in [0.29, 0.717) is 36.8 Å². The number of aryl methyl sites for hydroxylation is 2. The molecule has 2 heterocycles. The molecule has 152 valence electrons. The van der Waals surface area contributed by atoms with E-state index in [0.717, 1.165) is 22.9 Å². The summed E-state index contributed by atoms with van der Waals surface area (Å²) in [4.78, 5) is 25.3. The molecule has 2 N–H and O–H groups in total. The first-order chi connectivity index (χ1) is 14.2. The number of methoxy groups -OCH3 is 1. The second-order valence-electron chi connectivity index (χ2n) is 6.34. The van der Waals surface area contributed by atoms with E-state index >= 15 is 0 Å². The molecule has 0 radical (unpaired) electrons. The first kappa shape index (κ1) is 20.6. The summed E-state index contributed by atoms with van der Waals surface area (Å²) in [6, 6.07) is 9.14. The van der Waals surface area contributed by atoms with Gasteiger partial charge in [0.2, 0.25) is 0 Å². The molecule has 8 heteroatoms. The molecule has 0 spiro atoms. The van der Waals surface area contributed by atoms with Crippen LogP contribution < -0.4 is 5.32 Å². The Kier molecular flexibility index (Phi) is 7.43. The van der Waals surface area contributed by atoms with Crippen LogP contribution in [0.3, 0.4) is 0 Å². The second kappa shape index (κ2) is 10.4. The third kappa shape index (κ3) is 5.69. The molecule has 0 aliphatic rings. The molecule has 3 rings (SSSR count). The first-order valence-corrected chi connectivity index (χ1v) is 9.41. The van der Waals surface area contributed by atoms with Gasteiger partial charge in [0, 0.05) is 30.7 Å². The fraction of sp³-hybridized carbons (Fsp3) is 0.333. The molecule has 0 fully saturated rings. The summed E-state index contributed by atoms with van der Waals surface area (Å²) in [5, 5.41) is 12.8. The van der Waals surface area contributed by atoms with Crippen molar-refractivity contribution < 1.29 is 19.4 Å². The molecule has 0 saturated carbocycles. The van der Waals surface area contributed by atoms with Gasteiger partial charge in [-0.1, -0.05) is 6.07 Å². The van der Waals surface area contributed by atoms with Crippen LogP contribution in [-0.2, 0) is 22.3 Å². The van der Waals surface area contributed by atoms with Crippen LogP contribution in [0.2, 0.25) is 0 Å². The lowest BCUT2D eigenvalue weighted by Crippen LogP contribution is -2.14. The Labute approximate surface area is 168 Å². The number of carbonyl (C=O) groups excluding carboxylic acids is 1. The van der Waals surface area contributed by atoms with Crippen molar-refractivity contribution in [2.45, 2.75) is 12.8 Å². The maximum absolute atomic E-state index is 11.9. The van der Waals surface area contributed by atoms with E-state index < -0.39 is 5.97 Å². The number of esters is 1. The van der Waals surface area contributed by atoms with Crippen LogP contribution in [0.25, 0.3) is 10.9 Å². The standard InChI is InChI=1S/C21H24N4O4/c1-28-21(27)16-5-6-18-17(13-16)20(23-9-11-29-12-10-26)25-19(24-18)7-4-15-3-2-8-22-14-15/h2-3,5-6,8,13-14,26H,4,7,9-12H2,1H3,(H,23,24,25). The lowest BCUT2D eigenvalue weighted by Gasteiger charge is -2.12. The Morgan fingerprint density at radius 1 is 1.17 bits per heavy atom. The van der Waals surface area contributed by atoms with Gasteiger partial charge in [-0.25, -0.2) is 14.8 Å². The van der Waals surface area contributed by atoms with Crippen LogP contribution in [0, 0.1) is 0 Å².